The minimum atomic E-state index is 0.807. The Morgan fingerprint density at radius 3 is 2.55 bits per heavy atom. The normalized spacial score (nSPS) is 14.9. The SMILES string of the molecule is C/C=C(\Nc1cc2cc(/C(C=N)=C(\C)NC)ccc2cn1)c1ccc2c(c1)CN(C)C2. The van der Waals surface area contributed by atoms with Crippen LogP contribution >= 0.6 is 0 Å². The van der Waals surface area contributed by atoms with Gasteiger partial charge in [-0.2, -0.15) is 0 Å². The van der Waals surface area contributed by atoms with Gasteiger partial charge in [-0.25, -0.2) is 4.98 Å². The first-order valence-electron chi connectivity index (χ1n) is 10.6. The van der Waals surface area contributed by atoms with Crippen molar-refractivity contribution in [3.63, 3.8) is 0 Å². The summed E-state index contributed by atoms with van der Waals surface area (Å²) < 4.78 is 0. The maximum Gasteiger partial charge on any atom is 0.130 e. The number of benzene rings is 2. The van der Waals surface area contributed by atoms with E-state index in [0.29, 0.717) is 0 Å². The van der Waals surface area contributed by atoms with E-state index in [1.54, 1.807) is 0 Å². The second-order valence-electron chi connectivity index (χ2n) is 8.05. The second kappa shape index (κ2) is 8.74. The van der Waals surface area contributed by atoms with Gasteiger partial charge in [0.2, 0.25) is 0 Å². The smallest absolute Gasteiger partial charge is 0.130 e. The highest BCUT2D eigenvalue weighted by Gasteiger charge is 2.16. The zero-order valence-corrected chi connectivity index (χ0v) is 18.6. The van der Waals surface area contributed by atoms with Gasteiger partial charge in [-0.15, -0.1) is 0 Å². The first kappa shape index (κ1) is 20.8. The Bertz CT molecular complexity index is 1210. The molecule has 5 heteroatoms. The number of hydrogen-bond acceptors (Lipinski definition) is 5. The summed E-state index contributed by atoms with van der Waals surface area (Å²) in [6.45, 7) is 6.04. The van der Waals surface area contributed by atoms with Gasteiger partial charge in [-0.05, 0) is 66.7 Å². The van der Waals surface area contributed by atoms with E-state index in [0.717, 1.165) is 52.2 Å². The lowest BCUT2D eigenvalue weighted by atomic mass is 10.0. The lowest BCUT2D eigenvalue weighted by Crippen LogP contribution is -2.07. The number of nitrogens with one attached hydrogen (secondary N) is 3. The molecular weight excluding hydrogens is 382 g/mol. The van der Waals surface area contributed by atoms with Gasteiger partial charge in [-0.1, -0.05) is 30.3 Å². The highest BCUT2D eigenvalue weighted by molar-refractivity contribution is 6.10. The van der Waals surface area contributed by atoms with Gasteiger partial charge in [0, 0.05) is 54.9 Å². The quantitative estimate of drug-likeness (QED) is 0.485. The molecule has 0 amide bonds. The molecule has 3 N–H and O–H groups in total. The zero-order chi connectivity index (χ0) is 22.0. The Hall–Kier alpha value is -3.44. The molecule has 0 atom stereocenters. The van der Waals surface area contributed by atoms with E-state index < -0.39 is 0 Å². The fraction of sp³-hybridized carbons (Fsp3) is 0.231. The van der Waals surface area contributed by atoms with Crippen molar-refractivity contribution in [2.24, 2.45) is 0 Å². The molecule has 31 heavy (non-hydrogen) atoms. The van der Waals surface area contributed by atoms with Gasteiger partial charge < -0.3 is 16.0 Å². The number of hydrogen-bond donors (Lipinski definition) is 3. The van der Waals surface area contributed by atoms with Crippen LogP contribution in [-0.2, 0) is 13.1 Å². The molecule has 1 aromatic heterocycles. The molecule has 4 rings (SSSR count). The summed E-state index contributed by atoms with van der Waals surface area (Å²) in [5, 5.41) is 16.6. The first-order chi connectivity index (χ1) is 15.0. The lowest BCUT2D eigenvalue weighted by molar-refractivity contribution is 0.353. The summed E-state index contributed by atoms with van der Waals surface area (Å²) in [5.41, 5.74) is 7.89. The fourth-order valence-electron chi connectivity index (χ4n) is 4.10. The van der Waals surface area contributed by atoms with Crippen LogP contribution in [-0.4, -0.2) is 30.2 Å². The molecule has 0 bridgehead atoms. The molecule has 3 aromatic rings. The third-order valence-corrected chi connectivity index (χ3v) is 5.91. The van der Waals surface area contributed by atoms with Gasteiger partial charge in [0.05, 0.1) is 0 Å². The van der Waals surface area contributed by atoms with Crippen molar-refractivity contribution >= 4 is 34.1 Å². The number of pyridine rings is 1. The van der Waals surface area contributed by atoms with Gasteiger partial charge in [0.25, 0.3) is 0 Å². The van der Waals surface area contributed by atoms with E-state index in [-0.39, 0.29) is 0 Å². The van der Waals surface area contributed by atoms with Gasteiger partial charge in [-0.3, -0.25) is 4.90 Å². The Morgan fingerprint density at radius 2 is 1.81 bits per heavy atom. The Labute approximate surface area is 184 Å². The van der Waals surface area contributed by atoms with Crippen LogP contribution in [0.1, 0.15) is 36.1 Å². The van der Waals surface area contributed by atoms with Crippen molar-refractivity contribution in [1.82, 2.24) is 15.2 Å². The van der Waals surface area contributed by atoms with Gasteiger partial charge in [0.1, 0.15) is 5.82 Å². The summed E-state index contributed by atoms with van der Waals surface area (Å²) in [6, 6.07) is 15.0. The third kappa shape index (κ3) is 4.23. The molecule has 2 heterocycles. The average molecular weight is 412 g/mol. The molecule has 0 saturated carbocycles. The van der Waals surface area contributed by atoms with E-state index >= 15 is 0 Å². The van der Waals surface area contributed by atoms with Crippen LogP contribution in [0, 0.1) is 5.41 Å². The number of aromatic nitrogens is 1. The van der Waals surface area contributed by atoms with Crippen LogP contribution in [0.15, 0.2) is 60.4 Å². The van der Waals surface area contributed by atoms with Crippen molar-refractivity contribution in [2.75, 3.05) is 19.4 Å². The lowest BCUT2D eigenvalue weighted by Gasteiger charge is -2.13. The third-order valence-electron chi connectivity index (χ3n) is 5.91. The van der Waals surface area contributed by atoms with E-state index in [4.69, 9.17) is 5.41 Å². The highest BCUT2D eigenvalue weighted by atomic mass is 15.1. The largest absolute Gasteiger partial charge is 0.391 e. The van der Waals surface area contributed by atoms with Crippen LogP contribution in [0.3, 0.4) is 0 Å². The van der Waals surface area contributed by atoms with Crippen molar-refractivity contribution in [1.29, 1.82) is 5.41 Å². The van der Waals surface area contributed by atoms with Crippen LogP contribution < -0.4 is 10.6 Å². The fourth-order valence-corrected chi connectivity index (χ4v) is 4.10. The van der Waals surface area contributed by atoms with E-state index in [2.05, 4.69) is 70.0 Å². The summed E-state index contributed by atoms with van der Waals surface area (Å²) in [7, 11) is 4.03. The van der Waals surface area contributed by atoms with Crippen LogP contribution in [0.4, 0.5) is 5.82 Å². The van der Waals surface area contributed by atoms with Crippen molar-refractivity contribution in [3.8, 4) is 0 Å². The average Bonchev–Trinajstić information content (AvgIpc) is 3.16. The molecule has 0 unspecified atom stereocenters. The van der Waals surface area contributed by atoms with Crippen molar-refractivity contribution in [2.45, 2.75) is 26.9 Å². The topological polar surface area (TPSA) is 64.0 Å². The first-order valence-corrected chi connectivity index (χ1v) is 10.6. The molecule has 0 spiro atoms. The maximum absolute atomic E-state index is 7.80. The standard InChI is InChI=1S/C26H29N5/c1-5-25(19-7-9-21-15-31(4)16-23(21)11-19)30-26-12-22-10-18(6-8-20(22)14-29-26)24(13-27)17(2)28-3/h5-14,27-28H,15-16H2,1-4H3,(H,29,30)/b24-17+,25-5-,27-13?. The summed E-state index contributed by atoms with van der Waals surface area (Å²) in [6.07, 6.45) is 5.39. The molecule has 0 aliphatic carbocycles. The molecule has 1 aliphatic rings. The minimum Gasteiger partial charge on any atom is -0.391 e. The number of rotatable bonds is 6. The van der Waals surface area contributed by atoms with Crippen LogP contribution in [0.5, 0.6) is 0 Å². The highest BCUT2D eigenvalue weighted by Crippen LogP contribution is 2.28. The molecule has 0 radical (unpaired) electrons. The number of anilines is 1. The molecule has 0 saturated heterocycles. The molecule has 158 valence electrons. The van der Waals surface area contributed by atoms with Crippen molar-refractivity contribution < 1.29 is 0 Å². The number of fused-ring (bicyclic) bond motifs is 2. The van der Waals surface area contributed by atoms with E-state index in [1.807, 2.05) is 33.2 Å². The monoisotopic (exact) mass is 411 g/mol. The number of allylic oxidation sites excluding steroid dienone is 3. The van der Waals surface area contributed by atoms with E-state index in [1.165, 1.54) is 22.9 Å². The molecule has 0 fully saturated rings. The molecule has 2 aromatic carbocycles. The molecular formula is C26H29N5. The second-order valence-corrected chi connectivity index (χ2v) is 8.05. The number of nitrogens with zero attached hydrogens (tertiary/aromatic N) is 2. The predicted octanol–water partition coefficient (Wildman–Crippen LogP) is 5.25. The maximum atomic E-state index is 7.80. The van der Waals surface area contributed by atoms with Crippen LogP contribution in [0.2, 0.25) is 0 Å². The Morgan fingerprint density at radius 1 is 1.03 bits per heavy atom. The molecule has 5 nitrogen and oxygen atoms in total. The molecule has 1 aliphatic heterocycles. The minimum absolute atomic E-state index is 0.807. The van der Waals surface area contributed by atoms with Crippen LogP contribution in [0.25, 0.3) is 22.0 Å². The Balaban J connectivity index is 1.65. The summed E-state index contributed by atoms with van der Waals surface area (Å²) >= 11 is 0. The summed E-state index contributed by atoms with van der Waals surface area (Å²) in [4.78, 5) is 6.95. The van der Waals surface area contributed by atoms with Crippen molar-refractivity contribution in [3.05, 3.63) is 82.7 Å². The van der Waals surface area contributed by atoms with Gasteiger partial charge >= 0.3 is 0 Å². The Kier molecular flexibility index (Phi) is 5.87. The van der Waals surface area contributed by atoms with Gasteiger partial charge in [0.15, 0.2) is 0 Å². The predicted molar refractivity (Wildman–Crippen MR) is 131 cm³/mol. The zero-order valence-electron chi connectivity index (χ0n) is 18.6. The van der Waals surface area contributed by atoms with E-state index in [9.17, 15) is 0 Å². The summed E-state index contributed by atoms with van der Waals surface area (Å²) in [5.74, 6) is 0.807.